The van der Waals surface area contributed by atoms with Crippen LogP contribution in [0.15, 0.2) is 12.1 Å². The molecule has 112 valence electrons. The van der Waals surface area contributed by atoms with Crippen molar-refractivity contribution in [3.8, 4) is 5.88 Å². The van der Waals surface area contributed by atoms with Gasteiger partial charge in [-0.3, -0.25) is 0 Å². The molecule has 1 aromatic rings. The average Bonchev–Trinajstić information content (AvgIpc) is 2.49. The van der Waals surface area contributed by atoms with Crippen LogP contribution in [0.3, 0.4) is 0 Å². The lowest BCUT2D eigenvalue weighted by molar-refractivity contribution is 0.289. The van der Waals surface area contributed by atoms with E-state index in [4.69, 9.17) is 4.74 Å². The van der Waals surface area contributed by atoms with Gasteiger partial charge in [0.1, 0.15) is 0 Å². The fraction of sp³-hybridized carbons (Fsp3) is 0.765. The van der Waals surface area contributed by atoms with Crippen molar-refractivity contribution >= 4 is 0 Å². The fourth-order valence-corrected chi connectivity index (χ4v) is 3.10. The summed E-state index contributed by atoms with van der Waals surface area (Å²) in [6, 6.07) is 4.09. The van der Waals surface area contributed by atoms with Crippen LogP contribution in [-0.4, -0.2) is 16.8 Å². The molecule has 3 heteroatoms. The summed E-state index contributed by atoms with van der Waals surface area (Å²) in [6.45, 7) is 5.19. The van der Waals surface area contributed by atoms with Gasteiger partial charge in [0, 0.05) is 12.0 Å². The van der Waals surface area contributed by atoms with Crippen molar-refractivity contribution in [2.45, 2.75) is 71.1 Å². The average molecular weight is 276 g/mol. The van der Waals surface area contributed by atoms with Gasteiger partial charge in [0.05, 0.1) is 12.3 Å². The van der Waals surface area contributed by atoms with E-state index in [1.165, 1.54) is 38.5 Å². The van der Waals surface area contributed by atoms with Crippen LogP contribution in [-0.2, 0) is 0 Å². The predicted octanol–water partition coefficient (Wildman–Crippen LogP) is 4.73. The molecule has 0 spiro atoms. The Balaban J connectivity index is 1.81. The third kappa shape index (κ3) is 4.46. The molecule has 1 aliphatic carbocycles. The van der Waals surface area contributed by atoms with Crippen molar-refractivity contribution < 1.29 is 4.74 Å². The van der Waals surface area contributed by atoms with Gasteiger partial charge >= 0.3 is 0 Å². The second-order valence-electron chi connectivity index (χ2n) is 6.00. The highest BCUT2D eigenvalue weighted by molar-refractivity contribution is 5.15. The van der Waals surface area contributed by atoms with Crippen molar-refractivity contribution in [3.05, 3.63) is 17.8 Å². The van der Waals surface area contributed by atoms with E-state index in [1.54, 1.807) is 0 Å². The van der Waals surface area contributed by atoms with E-state index in [0.29, 0.717) is 11.8 Å². The largest absolute Gasteiger partial charge is 0.477 e. The van der Waals surface area contributed by atoms with Gasteiger partial charge in [-0.1, -0.05) is 33.1 Å². The van der Waals surface area contributed by atoms with Gasteiger partial charge in [0.2, 0.25) is 5.88 Å². The van der Waals surface area contributed by atoms with Crippen molar-refractivity contribution in [2.75, 3.05) is 6.61 Å². The first-order valence-electron chi connectivity index (χ1n) is 8.29. The minimum absolute atomic E-state index is 0.611. The van der Waals surface area contributed by atoms with Gasteiger partial charge in [-0.05, 0) is 44.1 Å². The third-order valence-corrected chi connectivity index (χ3v) is 4.37. The smallest absolute Gasteiger partial charge is 0.233 e. The molecule has 1 aliphatic rings. The first-order valence-corrected chi connectivity index (χ1v) is 8.29. The van der Waals surface area contributed by atoms with E-state index in [2.05, 4.69) is 30.1 Å². The Morgan fingerprint density at radius 3 is 2.45 bits per heavy atom. The number of hydrogen-bond acceptors (Lipinski definition) is 3. The number of rotatable bonds is 7. The molecule has 0 aliphatic heterocycles. The van der Waals surface area contributed by atoms with E-state index in [-0.39, 0.29) is 0 Å². The van der Waals surface area contributed by atoms with E-state index in [9.17, 15) is 0 Å². The fourth-order valence-electron chi connectivity index (χ4n) is 3.10. The lowest BCUT2D eigenvalue weighted by Crippen LogP contribution is -2.14. The molecule has 0 N–H and O–H groups in total. The van der Waals surface area contributed by atoms with Crippen molar-refractivity contribution in [2.24, 2.45) is 5.92 Å². The van der Waals surface area contributed by atoms with Crippen LogP contribution in [0.5, 0.6) is 5.88 Å². The molecular formula is C17H28N2O. The van der Waals surface area contributed by atoms with E-state index >= 15 is 0 Å². The second kappa shape index (κ2) is 8.23. The molecule has 0 aromatic carbocycles. The molecule has 2 rings (SSSR count). The Morgan fingerprint density at radius 1 is 1.05 bits per heavy atom. The molecule has 0 bridgehead atoms. The second-order valence-corrected chi connectivity index (χ2v) is 6.00. The predicted molar refractivity (Wildman–Crippen MR) is 82.0 cm³/mol. The number of ether oxygens (including phenoxy) is 1. The van der Waals surface area contributed by atoms with Crippen LogP contribution in [0.25, 0.3) is 0 Å². The zero-order valence-corrected chi connectivity index (χ0v) is 13.0. The van der Waals surface area contributed by atoms with Gasteiger partial charge < -0.3 is 4.74 Å². The topological polar surface area (TPSA) is 35.0 Å². The summed E-state index contributed by atoms with van der Waals surface area (Å²) < 4.78 is 5.56. The van der Waals surface area contributed by atoms with E-state index in [0.717, 1.165) is 31.1 Å². The number of nitrogens with zero attached hydrogens (tertiary/aromatic N) is 2. The molecule has 1 saturated carbocycles. The molecular weight excluding hydrogens is 248 g/mol. The number of aromatic nitrogens is 2. The summed E-state index contributed by atoms with van der Waals surface area (Å²) in [6.07, 6.45) is 10.2. The Hall–Kier alpha value is -1.12. The monoisotopic (exact) mass is 276 g/mol. The quantitative estimate of drug-likeness (QED) is 0.675. The summed E-state index contributed by atoms with van der Waals surface area (Å²) in [7, 11) is 0. The van der Waals surface area contributed by atoms with Crippen molar-refractivity contribution in [1.29, 1.82) is 0 Å². The van der Waals surface area contributed by atoms with Crippen LogP contribution in [0.1, 0.15) is 76.8 Å². The highest BCUT2D eigenvalue weighted by atomic mass is 16.5. The SMILES string of the molecule is CCCCOc1ccc([C@H]2CC[C@H](CCC)CC2)nn1. The van der Waals surface area contributed by atoms with Crippen LogP contribution < -0.4 is 4.74 Å². The third-order valence-electron chi connectivity index (χ3n) is 4.37. The van der Waals surface area contributed by atoms with Crippen molar-refractivity contribution in [3.63, 3.8) is 0 Å². The maximum atomic E-state index is 5.56. The zero-order chi connectivity index (χ0) is 14.2. The molecule has 0 saturated heterocycles. The lowest BCUT2D eigenvalue weighted by atomic mass is 9.79. The van der Waals surface area contributed by atoms with Gasteiger partial charge in [-0.15, -0.1) is 5.10 Å². The van der Waals surface area contributed by atoms with Gasteiger partial charge in [0.15, 0.2) is 0 Å². The number of hydrogen-bond donors (Lipinski definition) is 0. The lowest BCUT2D eigenvalue weighted by Gasteiger charge is -2.27. The summed E-state index contributed by atoms with van der Waals surface area (Å²) in [4.78, 5) is 0. The number of unbranched alkanes of at least 4 members (excludes halogenated alkanes) is 1. The van der Waals surface area contributed by atoms with Gasteiger partial charge in [-0.2, -0.15) is 5.10 Å². The minimum Gasteiger partial charge on any atom is -0.477 e. The summed E-state index contributed by atoms with van der Waals surface area (Å²) in [5.74, 6) is 2.23. The Kier molecular flexibility index (Phi) is 6.28. The normalized spacial score (nSPS) is 22.7. The summed E-state index contributed by atoms with van der Waals surface area (Å²) in [5.41, 5.74) is 1.16. The molecule has 1 fully saturated rings. The maximum absolute atomic E-state index is 5.56. The highest BCUT2D eigenvalue weighted by Gasteiger charge is 2.22. The van der Waals surface area contributed by atoms with Crippen LogP contribution >= 0.6 is 0 Å². The van der Waals surface area contributed by atoms with Crippen LogP contribution in [0.4, 0.5) is 0 Å². The molecule has 0 atom stereocenters. The Bertz CT molecular complexity index is 369. The van der Waals surface area contributed by atoms with E-state index < -0.39 is 0 Å². The van der Waals surface area contributed by atoms with Crippen molar-refractivity contribution in [1.82, 2.24) is 10.2 Å². The van der Waals surface area contributed by atoms with Gasteiger partial charge in [-0.25, -0.2) is 0 Å². The maximum Gasteiger partial charge on any atom is 0.233 e. The molecule has 1 aromatic heterocycles. The van der Waals surface area contributed by atoms with Crippen LogP contribution in [0.2, 0.25) is 0 Å². The molecule has 3 nitrogen and oxygen atoms in total. The molecule has 20 heavy (non-hydrogen) atoms. The highest BCUT2D eigenvalue weighted by Crippen LogP contribution is 2.36. The standard InChI is InChI=1S/C17H28N2O/c1-3-5-13-20-17-12-11-16(18-19-17)15-9-7-14(6-4-2)8-10-15/h11-12,14-15H,3-10,13H2,1-2H3/t14-,15-. The van der Waals surface area contributed by atoms with Gasteiger partial charge in [0.25, 0.3) is 0 Å². The summed E-state index contributed by atoms with van der Waals surface area (Å²) >= 11 is 0. The summed E-state index contributed by atoms with van der Waals surface area (Å²) in [5, 5.41) is 8.59. The van der Waals surface area contributed by atoms with E-state index in [1.807, 2.05) is 6.07 Å². The molecule has 0 radical (unpaired) electrons. The van der Waals surface area contributed by atoms with Crippen LogP contribution in [0, 0.1) is 5.92 Å². The first-order chi connectivity index (χ1) is 9.83. The Labute approximate surface area is 123 Å². The molecule has 1 heterocycles. The molecule has 0 unspecified atom stereocenters. The minimum atomic E-state index is 0.611. The zero-order valence-electron chi connectivity index (χ0n) is 13.0. The molecule has 0 amide bonds. The Morgan fingerprint density at radius 2 is 1.85 bits per heavy atom. The first kappa shape index (κ1) is 15.3.